The van der Waals surface area contributed by atoms with Gasteiger partial charge in [-0.2, -0.15) is 10.2 Å². The Morgan fingerprint density at radius 2 is 2.44 bits per heavy atom. The Hall–Kier alpha value is -2.20. The van der Waals surface area contributed by atoms with E-state index in [2.05, 4.69) is 10.3 Å². The second kappa shape index (κ2) is 5.42. The van der Waals surface area contributed by atoms with Gasteiger partial charge in [-0.25, -0.2) is 0 Å². The number of nitrogens with one attached hydrogen (secondary N) is 1. The number of piperidine rings is 1. The molecular weight excluding hydrogens is 236 g/mol. The molecule has 1 saturated heterocycles. The molecular formula is C11H12N4O3. The van der Waals surface area contributed by atoms with Crippen LogP contribution >= 0.6 is 0 Å². The Bertz CT molecular complexity index is 492. The van der Waals surface area contributed by atoms with Crippen molar-refractivity contribution >= 4 is 5.69 Å². The van der Waals surface area contributed by atoms with Gasteiger partial charge in [0, 0.05) is 18.7 Å². The van der Waals surface area contributed by atoms with Crippen molar-refractivity contribution in [3.63, 3.8) is 0 Å². The van der Waals surface area contributed by atoms with Gasteiger partial charge in [0.15, 0.2) is 0 Å². The largest absolute Gasteiger partial charge is 0.473 e. The molecule has 7 nitrogen and oxygen atoms in total. The van der Waals surface area contributed by atoms with Gasteiger partial charge in [-0.3, -0.25) is 10.1 Å². The van der Waals surface area contributed by atoms with Crippen molar-refractivity contribution in [3.05, 3.63) is 27.9 Å². The van der Waals surface area contributed by atoms with Crippen molar-refractivity contribution in [1.29, 1.82) is 5.26 Å². The molecule has 1 N–H and O–H groups in total. The fourth-order valence-electron chi connectivity index (χ4n) is 1.82. The number of nitrogens with zero attached hydrogens (tertiary/aromatic N) is 3. The van der Waals surface area contributed by atoms with Gasteiger partial charge in [0.1, 0.15) is 12.2 Å². The maximum absolute atomic E-state index is 10.6. The first kappa shape index (κ1) is 12.3. The number of hydrogen-bond acceptors (Lipinski definition) is 6. The molecule has 94 valence electrons. The molecule has 1 atom stereocenters. The number of hydrogen-bond donors (Lipinski definition) is 1. The monoisotopic (exact) mass is 248 g/mol. The maximum atomic E-state index is 10.6. The minimum Gasteiger partial charge on any atom is -0.473 e. The SMILES string of the molecule is N#Cc1nc(OC2CCCNC2)ccc1[N+](=O)[O-]. The average molecular weight is 248 g/mol. The lowest BCUT2D eigenvalue weighted by Crippen LogP contribution is -2.37. The third-order valence-electron chi connectivity index (χ3n) is 2.69. The predicted octanol–water partition coefficient (Wildman–Crippen LogP) is 0.992. The predicted molar refractivity (Wildman–Crippen MR) is 62.1 cm³/mol. The molecule has 1 aliphatic heterocycles. The van der Waals surface area contributed by atoms with Crippen molar-refractivity contribution in [2.75, 3.05) is 13.1 Å². The molecule has 2 rings (SSSR count). The summed E-state index contributed by atoms with van der Waals surface area (Å²) in [5.74, 6) is 0.255. The summed E-state index contributed by atoms with van der Waals surface area (Å²) in [6.07, 6.45) is 1.93. The Morgan fingerprint density at radius 1 is 1.61 bits per heavy atom. The minimum absolute atomic E-state index is 0.000695. The van der Waals surface area contributed by atoms with Crippen LogP contribution in [0.25, 0.3) is 0 Å². The third kappa shape index (κ3) is 2.73. The molecule has 1 unspecified atom stereocenters. The summed E-state index contributed by atoms with van der Waals surface area (Å²) in [6.45, 7) is 1.69. The highest BCUT2D eigenvalue weighted by Gasteiger charge is 2.19. The molecule has 0 radical (unpaired) electrons. The molecule has 2 heterocycles. The van der Waals surface area contributed by atoms with Crippen molar-refractivity contribution in [1.82, 2.24) is 10.3 Å². The highest BCUT2D eigenvalue weighted by Crippen LogP contribution is 2.21. The lowest BCUT2D eigenvalue weighted by molar-refractivity contribution is -0.385. The first-order chi connectivity index (χ1) is 8.70. The van der Waals surface area contributed by atoms with Crippen LogP contribution < -0.4 is 10.1 Å². The van der Waals surface area contributed by atoms with Gasteiger partial charge in [-0.15, -0.1) is 0 Å². The van der Waals surface area contributed by atoms with Crippen molar-refractivity contribution < 1.29 is 9.66 Å². The molecule has 7 heteroatoms. The first-order valence-electron chi connectivity index (χ1n) is 5.63. The molecule has 0 aromatic carbocycles. The van der Waals surface area contributed by atoms with Crippen LogP contribution in [0.5, 0.6) is 5.88 Å². The van der Waals surface area contributed by atoms with Gasteiger partial charge < -0.3 is 10.1 Å². The molecule has 0 aliphatic carbocycles. The van der Waals surface area contributed by atoms with Crippen molar-refractivity contribution in [2.45, 2.75) is 18.9 Å². The summed E-state index contributed by atoms with van der Waals surface area (Å²) in [7, 11) is 0. The number of ether oxygens (including phenoxy) is 1. The molecule has 0 amide bonds. The molecule has 0 saturated carbocycles. The van der Waals surface area contributed by atoms with E-state index in [-0.39, 0.29) is 23.4 Å². The molecule has 18 heavy (non-hydrogen) atoms. The van der Waals surface area contributed by atoms with E-state index < -0.39 is 4.92 Å². The van der Waals surface area contributed by atoms with Gasteiger partial charge in [0.2, 0.25) is 11.6 Å². The van der Waals surface area contributed by atoms with Gasteiger partial charge in [0.25, 0.3) is 0 Å². The second-order valence-electron chi connectivity index (χ2n) is 3.97. The smallest absolute Gasteiger partial charge is 0.305 e. The maximum Gasteiger partial charge on any atom is 0.305 e. The van der Waals surface area contributed by atoms with Crippen molar-refractivity contribution in [2.24, 2.45) is 0 Å². The van der Waals surface area contributed by atoms with E-state index in [4.69, 9.17) is 10.00 Å². The fourth-order valence-corrected chi connectivity index (χ4v) is 1.82. The number of pyridine rings is 1. The zero-order valence-corrected chi connectivity index (χ0v) is 9.63. The van der Waals surface area contributed by atoms with Gasteiger partial charge in [-0.1, -0.05) is 0 Å². The number of nitro groups is 1. The normalized spacial score (nSPS) is 18.9. The molecule has 1 aromatic rings. The van der Waals surface area contributed by atoms with Crippen LogP contribution in [0.3, 0.4) is 0 Å². The lowest BCUT2D eigenvalue weighted by atomic mass is 10.1. The van der Waals surface area contributed by atoms with Gasteiger partial charge in [-0.05, 0) is 19.4 Å². The molecule has 1 fully saturated rings. The van der Waals surface area contributed by atoms with E-state index in [1.807, 2.05) is 0 Å². The Balaban J connectivity index is 2.14. The van der Waals surface area contributed by atoms with Crippen molar-refractivity contribution in [3.8, 4) is 11.9 Å². The van der Waals surface area contributed by atoms with Crippen LogP contribution in [0.2, 0.25) is 0 Å². The summed E-state index contributed by atoms with van der Waals surface area (Å²) in [6, 6.07) is 4.38. The standard InChI is InChI=1S/C11H12N4O3/c12-6-9-10(15(16)17)3-4-11(14-9)18-8-2-1-5-13-7-8/h3-4,8,13H,1-2,5,7H2. The quantitative estimate of drug-likeness (QED) is 0.632. The third-order valence-corrected chi connectivity index (χ3v) is 2.69. The van der Waals surface area contributed by atoms with Crippen LogP contribution in [-0.2, 0) is 0 Å². The molecule has 0 spiro atoms. The Kier molecular flexibility index (Phi) is 3.69. The molecule has 0 bridgehead atoms. The van der Waals surface area contributed by atoms with E-state index in [1.165, 1.54) is 12.1 Å². The highest BCUT2D eigenvalue weighted by atomic mass is 16.6. The van der Waals surface area contributed by atoms with Crippen LogP contribution in [0, 0.1) is 21.4 Å². The zero-order chi connectivity index (χ0) is 13.0. The van der Waals surface area contributed by atoms with E-state index in [1.54, 1.807) is 6.07 Å². The number of aromatic nitrogens is 1. The second-order valence-corrected chi connectivity index (χ2v) is 3.97. The van der Waals surface area contributed by atoms with E-state index in [0.29, 0.717) is 0 Å². The van der Waals surface area contributed by atoms with E-state index >= 15 is 0 Å². The fraction of sp³-hybridized carbons (Fsp3) is 0.455. The van der Waals surface area contributed by atoms with Gasteiger partial charge in [0.05, 0.1) is 4.92 Å². The van der Waals surface area contributed by atoms with E-state index in [0.717, 1.165) is 25.9 Å². The van der Waals surface area contributed by atoms with Crippen LogP contribution in [0.4, 0.5) is 5.69 Å². The number of nitriles is 1. The topological polar surface area (TPSA) is 101 Å². The lowest BCUT2D eigenvalue weighted by Gasteiger charge is -2.23. The van der Waals surface area contributed by atoms with Crippen LogP contribution in [0.15, 0.2) is 12.1 Å². The zero-order valence-electron chi connectivity index (χ0n) is 9.63. The summed E-state index contributed by atoms with van der Waals surface area (Å²) in [5.41, 5.74) is -0.520. The van der Waals surface area contributed by atoms with Gasteiger partial charge >= 0.3 is 5.69 Å². The number of rotatable bonds is 3. The minimum atomic E-state index is -0.627. The molecule has 1 aromatic heterocycles. The van der Waals surface area contributed by atoms with Crippen LogP contribution in [0.1, 0.15) is 18.5 Å². The summed E-state index contributed by atoms with van der Waals surface area (Å²) in [5, 5.41) is 22.6. The Morgan fingerprint density at radius 3 is 3.06 bits per heavy atom. The first-order valence-corrected chi connectivity index (χ1v) is 5.63. The van der Waals surface area contributed by atoms with E-state index in [9.17, 15) is 10.1 Å². The summed E-state index contributed by atoms with van der Waals surface area (Å²) >= 11 is 0. The Labute approximate surface area is 104 Å². The summed E-state index contributed by atoms with van der Waals surface area (Å²) < 4.78 is 5.59. The highest BCUT2D eigenvalue weighted by molar-refractivity contribution is 5.45. The summed E-state index contributed by atoms with van der Waals surface area (Å²) in [4.78, 5) is 13.9. The average Bonchev–Trinajstić information content (AvgIpc) is 2.39. The molecule has 1 aliphatic rings. The van der Waals surface area contributed by atoms with Crippen LogP contribution in [-0.4, -0.2) is 29.1 Å².